The Bertz CT molecular complexity index is 1270. The standard InChI is InChI=1S/C23H27FN4O6S2/c1-2-34-23(31)27-10-9-17-18(13-27)35-22(19(17)20(25)29)26-21(30)14-7-11-28(12-8-14)36(32,33)16-5-3-15(24)4-6-16/h3-6,14H,2,7-13H2,1H3,(H2,25,29)(H,26,30). The highest BCUT2D eigenvalue weighted by Gasteiger charge is 2.34. The number of hydrogen-bond acceptors (Lipinski definition) is 7. The van der Waals surface area contributed by atoms with E-state index in [1.165, 1.54) is 32.7 Å². The fourth-order valence-electron chi connectivity index (χ4n) is 4.45. The van der Waals surface area contributed by atoms with Gasteiger partial charge in [0, 0.05) is 30.4 Å². The van der Waals surface area contributed by atoms with Gasteiger partial charge in [0.15, 0.2) is 0 Å². The van der Waals surface area contributed by atoms with Crippen molar-refractivity contribution < 1.29 is 31.9 Å². The lowest BCUT2D eigenvalue weighted by Gasteiger charge is -2.30. The molecule has 3 N–H and O–H groups in total. The van der Waals surface area contributed by atoms with Gasteiger partial charge in [-0.1, -0.05) is 0 Å². The molecule has 2 aliphatic rings. The van der Waals surface area contributed by atoms with E-state index in [0.717, 1.165) is 22.6 Å². The molecule has 0 saturated carbocycles. The number of nitrogens with one attached hydrogen (secondary N) is 1. The van der Waals surface area contributed by atoms with Gasteiger partial charge in [0.25, 0.3) is 5.91 Å². The number of carbonyl (C=O) groups is 3. The van der Waals surface area contributed by atoms with Gasteiger partial charge in [-0.25, -0.2) is 17.6 Å². The van der Waals surface area contributed by atoms with Crippen molar-refractivity contribution in [1.29, 1.82) is 0 Å². The molecule has 2 aromatic rings. The average molecular weight is 539 g/mol. The first-order valence-electron chi connectivity index (χ1n) is 11.5. The van der Waals surface area contributed by atoms with Crippen LogP contribution < -0.4 is 11.1 Å². The van der Waals surface area contributed by atoms with E-state index in [0.29, 0.717) is 30.8 Å². The molecule has 3 heterocycles. The summed E-state index contributed by atoms with van der Waals surface area (Å²) in [6.07, 6.45) is 0.559. The van der Waals surface area contributed by atoms with Gasteiger partial charge in [0.05, 0.1) is 23.6 Å². The van der Waals surface area contributed by atoms with E-state index in [4.69, 9.17) is 10.5 Å². The number of fused-ring (bicyclic) bond motifs is 1. The van der Waals surface area contributed by atoms with Crippen LogP contribution in [0.5, 0.6) is 0 Å². The second kappa shape index (κ2) is 10.5. The highest BCUT2D eigenvalue weighted by atomic mass is 32.2. The number of rotatable bonds is 6. The van der Waals surface area contributed by atoms with Gasteiger partial charge >= 0.3 is 6.09 Å². The molecule has 0 aliphatic carbocycles. The van der Waals surface area contributed by atoms with E-state index in [1.807, 2.05) is 0 Å². The Morgan fingerprint density at radius 1 is 1.17 bits per heavy atom. The van der Waals surface area contributed by atoms with Crippen LogP contribution in [0.1, 0.15) is 40.6 Å². The van der Waals surface area contributed by atoms with Crippen molar-refractivity contribution in [3.63, 3.8) is 0 Å². The van der Waals surface area contributed by atoms with Gasteiger partial charge < -0.3 is 20.7 Å². The third kappa shape index (κ3) is 5.22. The zero-order valence-electron chi connectivity index (χ0n) is 19.7. The van der Waals surface area contributed by atoms with E-state index >= 15 is 0 Å². The third-order valence-electron chi connectivity index (χ3n) is 6.34. The van der Waals surface area contributed by atoms with Crippen molar-refractivity contribution in [1.82, 2.24) is 9.21 Å². The summed E-state index contributed by atoms with van der Waals surface area (Å²) in [7, 11) is -3.79. The summed E-state index contributed by atoms with van der Waals surface area (Å²) < 4.78 is 45.2. The molecule has 1 saturated heterocycles. The van der Waals surface area contributed by atoms with Crippen LogP contribution in [-0.2, 0) is 32.5 Å². The van der Waals surface area contributed by atoms with Gasteiger partial charge in [-0.3, -0.25) is 9.59 Å². The number of carbonyl (C=O) groups excluding carboxylic acids is 3. The van der Waals surface area contributed by atoms with Crippen LogP contribution in [0.15, 0.2) is 29.2 Å². The highest BCUT2D eigenvalue weighted by molar-refractivity contribution is 7.89. The minimum absolute atomic E-state index is 0.000991. The highest BCUT2D eigenvalue weighted by Crippen LogP contribution is 2.38. The third-order valence-corrected chi connectivity index (χ3v) is 9.39. The molecule has 0 spiro atoms. The smallest absolute Gasteiger partial charge is 0.410 e. The van der Waals surface area contributed by atoms with Gasteiger partial charge in [0.1, 0.15) is 10.8 Å². The fraction of sp³-hybridized carbons (Fsp3) is 0.435. The topological polar surface area (TPSA) is 139 Å². The molecule has 2 aliphatic heterocycles. The normalized spacial score (nSPS) is 16.9. The first-order valence-corrected chi connectivity index (χ1v) is 13.8. The van der Waals surface area contributed by atoms with Crippen LogP contribution in [0.4, 0.5) is 14.2 Å². The Morgan fingerprint density at radius 2 is 1.83 bits per heavy atom. The van der Waals surface area contributed by atoms with Crippen molar-refractivity contribution in [2.45, 2.75) is 37.6 Å². The summed E-state index contributed by atoms with van der Waals surface area (Å²) in [6, 6.07) is 4.62. The molecule has 0 radical (unpaired) electrons. The number of primary amides is 1. The van der Waals surface area contributed by atoms with Crippen molar-refractivity contribution >= 4 is 44.3 Å². The molecule has 0 unspecified atom stereocenters. The van der Waals surface area contributed by atoms with Gasteiger partial charge in [0.2, 0.25) is 15.9 Å². The summed E-state index contributed by atoms with van der Waals surface area (Å²) in [5.41, 5.74) is 6.60. The molecule has 1 fully saturated rings. The van der Waals surface area contributed by atoms with Crippen molar-refractivity contribution in [3.8, 4) is 0 Å². The number of thiophene rings is 1. The lowest BCUT2D eigenvalue weighted by atomic mass is 9.97. The molecular weight excluding hydrogens is 511 g/mol. The van der Waals surface area contributed by atoms with Crippen LogP contribution >= 0.6 is 11.3 Å². The Morgan fingerprint density at radius 3 is 2.44 bits per heavy atom. The fourth-order valence-corrected chi connectivity index (χ4v) is 7.19. The summed E-state index contributed by atoms with van der Waals surface area (Å²) in [5.74, 6) is -1.96. The molecule has 3 amide bonds. The molecule has 36 heavy (non-hydrogen) atoms. The number of anilines is 1. The second-order valence-electron chi connectivity index (χ2n) is 8.56. The van der Waals surface area contributed by atoms with Crippen molar-refractivity contribution in [2.24, 2.45) is 11.7 Å². The molecule has 4 rings (SSSR count). The van der Waals surface area contributed by atoms with E-state index in [9.17, 15) is 27.2 Å². The summed E-state index contributed by atoms with van der Waals surface area (Å²) in [6.45, 7) is 2.88. The average Bonchev–Trinajstić information content (AvgIpc) is 3.21. The Kier molecular flexibility index (Phi) is 7.62. The van der Waals surface area contributed by atoms with E-state index in [1.54, 1.807) is 6.92 Å². The lowest BCUT2D eigenvalue weighted by molar-refractivity contribution is -0.120. The first-order chi connectivity index (χ1) is 17.1. The Hall–Kier alpha value is -3.03. The quantitative estimate of drug-likeness (QED) is 0.580. The van der Waals surface area contributed by atoms with E-state index in [-0.39, 0.29) is 42.6 Å². The van der Waals surface area contributed by atoms with E-state index in [2.05, 4.69) is 5.32 Å². The molecule has 0 atom stereocenters. The van der Waals surface area contributed by atoms with Crippen molar-refractivity contribution in [3.05, 3.63) is 46.1 Å². The first kappa shape index (κ1) is 26.0. The Labute approximate surface area is 212 Å². The molecule has 10 nitrogen and oxygen atoms in total. The van der Waals surface area contributed by atoms with Crippen LogP contribution in [0.2, 0.25) is 0 Å². The zero-order valence-corrected chi connectivity index (χ0v) is 21.3. The van der Waals surface area contributed by atoms with E-state index < -0.39 is 33.8 Å². The molecule has 194 valence electrons. The molecule has 1 aromatic carbocycles. The number of ether oxygens (including phenoxy) is 1. The zero-order chi connectivity index (χ0) is 26.0. The van der Waals surface area contributed by atoms with Crippen LogP contribution in [-0.4, -0.2) is 61.8 Å². The second-order valence-corrected chi connectivity index (χ2v) is 11.6. The number of piperidine rings is 1. The number of sulfonamides is 1. The molecule has 13 heteroatoms. The number of halogens is 1. The van der Waals surface area contributed by atoms with Crippen LogP contribution in [0.25, 0.3) is 0 Å². The maximum Gasteiger partial charge on any atom is 0.410 e. The van der Waals surface area contributed by atoms with Crippen LogP contribution in [0.3, 0.4) is 0 Å². The summed E-state index contributed by atoms with van der Waals surface area (Å²) >= 11 is 1.21. The number of amides is 3. The predicted octanol–water partition coefficient (Wildman–Crippen LogP) is 2.54. The number of nitrogens with zero attached hydrogens (tertiary/aromatic N) is 2. The summed E-state index contributed by atoms with van der Waals surface area (Å²) in [5, 5.41) is 3.15. The van der Waals surface area contributed by atoms with Gasteiger partial charge in [-0.2, -0.15) is 4.31 Å². The number of benzene rings is 1. The minimum atomic E-state index is -3.79. The largest absolute Gasteiger partial charge is 0.450 e. The predicted molar refractivity (Wildman–Crippen MR) is 130 cm³/mol. The molecule has 0 bridgehead atoms. The van der Waals surface area contributed by atoms with Gasteiger partial charge in [-0.15, -0.1) is 11.3 Å². The molecular formula is C23H27FN4O6S2. The number of hydrogen-bond donors (Lipinski definition) is 2. The summed E-state index contributed by atoms with van der Waals surface area (Å²) in [4.78, 5) is 39.6. The Balaban J connectivity index is 1.43. The minimum Gasteiger partial charge on any atom is -0.450 e. The lowest BCUT2D eigenvalue weighted by Crippen LogP contribution is -2.41. The van der Waals surface area contributed by atoms with Crippen molar-refractivity contribution in [2.75, 3.05) is 31.6 Å². The van der Waals surface area contributed by atoms with Crippen LogP contribution in [0, 0.1) is 11.7 Å². The SMILES string of the molecule is CCOC(=O)N1CCc2c(sc(NC(=O)C3CCN(S(=O)(=O)c4ccc(F)cc4)CC3)c2C(N)=O)C1. The monoisotopic (exact) mass is 538 g/mol. The molecule has 1 aromatic heterocycles. The van der Waals surface area contributed by atoms with Gasteiger partial charge in [-0.05, 0) is 56.0 Å². The number of nitrogens with two attached hydrogens (primary N) is 1. The maximum absolute atomic E-state index is 13.2. The maximum atomic E-state index is 13.2.